The summed E-state index contributed by atoms with van der Waals surface area (Å²) in [4.78, 5) is 10.9. The number of hydrogen-bond acceptors (Lipinski definition) is 5. The Morgan fingerprint density at radius 3 is 2.63 bits per heavy atom. The molecule has 0 saturated heterocycles. The molecule has 103 valence electrons. The van der Waals surface area contributed by atoms with Crippen LogP contribution in [0, 0.1) is 0 Å². The first-order chi connectivity index (χ1) is 8.56. The number of aliphatic hydroxyl groups excluding tert-OH is 1. The van der Waals surface area contributed by atoms with Gasteiger partial charge < -0.3 is 10.2 Å². The number of nitrogens with one attached hydrogen (secondary N) is 1. The summed E-state index contributed by atoms with van der Waals surface area (Å²) in [5, 5.41) is 23.3. The van der Waals surface area contributed by atoms with Gasteiger partial charge in [0.2, 0.25) is 0 Å². The van der Waals surface area contributed by atoms with Crippen LogP contribution >= 0.6 is 11.6 Å². The summed E-state index contributed by atoms with van der Waals surface area (Å²) < 4.78 is 0. The molecule has 0 spiro atoms. The van der Waals surface area contributed by atoms with Crippen LogP contribution in [0.3, 0.4) is 0 Å². The smallest absolute Gasteiger partial charge is 0.182 e. The first-order valence-electron chi connectivity index (χ1n) is 5.01. The van der Waals surface area contributed by atoms with Gasteiger partial charge in [-0.15, -0.1) is 0 Å². The molecule has 0 atom stereocenters. The molecule has 1 aromatic carbocycles. The minimum Gasteiger partial charge on any atom is -0.506 e. The summed E-state index contributed by atoms with van der Waals surface area (Å²) in [7, 11) is 0. The monoisotopic (exact) mass is 327 g/mol. The van der Waals surface area contributed by atoms with E-state index in [4.69, 9.17) is 11.6 Å². The molecule has 3 N–H and O–H groups in total. The Morgan fingerprint density at radius 1 is 1.21 bits per heavy atom. The minimum atomic E-state index is -0.308. The molecule has 0 unspecified atom stereocenters. The number of rotatable bonds is 2. The number of allylic oxidation sites excluding steroid dienone is 3. The van der Waals surface area contributed by atoms with E-state index in [1.807, 2.05) is 0 Å². The van der Waals surface area contributed by atoms with E-state index in [9.17, 15) is 15.0 Å². The third-order valence-corrected chi connectivity index (χ3v) is 2.44. The van der Waals surface area contributed by atoms with Gasteiger partial charge in [0.05, 0.1) is 5.69 Å². The molecule has 0 saturated carbocycles. The number of hydrogen-bond donors (Lipinski definition) is 3. The maximum Gasteiger partial charge on any atom is 0.182 e. The van der Waals surface area contributed by atoms with Gasteiger partial charge in [-0.2, -0.15) is 5.10 Å². The molecule has 7 heteroatoms. The van der Waals surface area contributed by atoms with Crippen molar-refractivity contribution in [2.24, 2.45) is 5.10 Å². The van der Waals surface area contributed by atoms with Gasteiger partial charge in [-0.3, -0.25) is 10.2 Å². The second-order valence-electron chi connectivity index (χ2n) is 3.54. The van der Waals surface area contributed by atoms with Crippen LogP contribution in [0.15, 0.2) is 47.3 Å². The Kier molecular flexibility index (Phi) is 5.18. The summed E-state index contributed by atoms with van der Waals surface area (Å²) in [6.07, 6.45) is 3.70. The molecule has 1 aromatic rings. The van der Waals surface area contributed by atoms with Crippen molar-refractivity contribution in [1.29, 1.82) is 0 Å². The molecule has 0 bridgehead atoms. The summed E-state index contributed by atoms with van der Waals surface area (Å²) in [6.45, 7) is 0. The quantitative estimate of drug-likeness (QED) is 0.337. The Hall–Kier alpha value is -1.75. The number of benzene rings is 1. The number of carbonyl (C=O) groups excluding carboxylic acids is 1. The van der Waals surface area contributed by atoms with Crippen molar-refractivity contribution >= 4 is 28.8 Å². The number of phenols is 1. The van der Waals surface area contributed by atoms with E-state index >= 15 is 0 Å². The van der Waals surface area contributed by atoms with E-state index < -0.39 is 0 Å². The van der Waals surface area contributed by atoms with E-state index in [1.54, 1.807) is 0 Å². The third kappa shape index (κ3) is 3.86. The predicted molar refractivity (Wildman–Crippen MR) is 69.0 cm³/mol. The maximum absolute atomic E-state index is 10.9. The van der Waals surface area contributed by atoms with Gasteiger partial charge in [-0.25, -0.2) is 0 Å². The number of aromatic hydroxyl groups is 1. The van der Waals surface area contributed by atoms with Gasteiger partial charge in [-0.05, 0) is 30.4 Å². The van der Waals surface area contributed by atoms with Crippen LogP contribution in [-0.2, 0) is 21.9 Å². The average Bonchev–Trinajstić information content (AvgIpc) is 2.32. The number of carbonyl (C=O) groups is 1. The zero-order valence-corrected chi connectivity index (χ0v) is 11.1. The molecule has 0 aliphatic heterocycles. The molecule has 2 rings (SSSR count). The predicted octanol–water partition coefficient (Wildman–Crippen LogP) is 2.39. The topological polar surface area (TPSA) is 81.9 Å². The van der Waals surface area contributed by atoms with Crippen LogP contribution in [0.25, 0.3) is 0 Å². The molecule has 0 amide bonds. The molecular weight excluding hydrogens is 319 g/mol. The van der Waals surface area contributed by atoms with Gasteiger partial charge in [-0.1, -0.05) is 11.6 Å². The van der Waals surface area contributed by atoms with Gasteiger partial charge in [0.1, 0.15) is 17.2 Å². The first kappa shape index (κ1) is 15.3. The summed E-state index contributed by atoms with van der Waals surface area (Å²) in [5.41, 5.74) is 3.05. The third-order valence-electron chi connectivity index (χ3n) is 2.20. The number of aliphatic hydroxyl groups is 1. The van der Waals surface area contributed by atoms with Crippen LogP contribution in [0.5, 0.6) is 5.75 Å². The Balaban J connectivity index is 0.00000180. The number of nitrogens with zero attached hydrogens (tertiary/aromatic N) is 1. The summed E-state index contributed by atoms with van der Waals surface area (Å²) in [6, 6.07) is 4.44. The van der Waals surface area contributed by atoms with Crippen molar-refractivity contribution in [2.45, 2.75) is 0 Å². The van der Waals surface area contributed by atoms with Gasteiger partial charge in [0, 0.05) is 28.2 Å². The van der Waals surface area contributed by atoms with Crippen molar-refractivity contribution in [3.63, 3.8) is 0 Å². The van der Waals surface area contributed by atoms with E-state index in [1.165, 1.54) is 30.4 Å². The second kappa shape index (κ2) is 6.43. The molecular formula is C12H9ClCuN2O3. The SMILES string of the molecule is O=C1C=C/C(=N\Nc2cc(Cl)ccc2O)C(O)=C1.[Cu]. The molecule has 1 radical (unpaired) electrons. The van der Waals surface area contributed by atoms with Gasteiger partial charge in [0.15, 0.2) is 5.78 Å². The van der Waals surface area contributed by atoms with E-state index in [-0.39, 0.29) is 40.1 Å². The van der Waals surface area contributed by atoms with Crippen molar-refractivity contribution in [3.05, 3.63) is 47.2 Å². The average molecular weight is 328 g/mol. The van der Waals surface area contributed by atoms with Crippen molar-refractivity contribution < 1.29 is 32.1 Å². The zero-order valence-electron chi connectivity index (χ0n) is 9.39. The fraction of sp³-hybridized carbons (Fsp3) is 0. The summed E-state index contributed by atoms with van der Waals surface area (Å²) in [5.74, 6) is -0.573. The van der Waals surface area contributed by atoms with Crippen molar-refractivity contribution in [1.82, 2.24) is 0 Å². The normalized spacial score (nSPS) is 15.9. The number of hydrazone groups is 1. The van der Waals surface area contributed by atoms with Crippen LogP contribution in [0.1, 0.15) is 0 Å². The molecule has 19 heavy (non-hydrogen) atoms. The van der Waals surface area contributed by atoms with Gasteiger partial charge in [0.25, 0.3) is 0 Å². The molecule has 0 heterocycles. The fourth-order valence-electron chi connectivity index (χ4n) is 1.32. The molecule has 1 aliphatic rings. The Morgan fingerprint density at radius 2 is 1.95 bits per heavy atom. The van der Waals surface area contributed by atoms with Crippen LogP contribution < -0.4 is 5.43 Å². The van der Waals surface area contributed by atoms with Gasteiger partial charge >= 0.3 is 0 Å². The van der Waals surface area contributed by atoms with Crippen LogP contribution in [0.2, 0.25) is 5.02 Å². The number of phenolic OH excluding ortho intramolecular Hbond substituents is 1. The Labute approximate surface area is 124 Å². The molecule has 5 nitrogen and oxygen atoms in total. The largest absolute Gasteiger partial charge is 0.506 e. The summed E-state index contributed by atoms with van der Waals surface area (Å²) >= 11 is 5.77. The van der Waals surface area contributed by atoms with E-state index in [0.29, 0.717) is 10.7 Å². The number of ketones is 1. The molecule has 1 aliphatic carbocycles. The number of halogens is 1. The van der Waals surface area contributed by atoms with E-state index in [0.717, 1.165) is 6.08 Å². The Bertz CT molecular complexity index is 597. The van der Waals surface area contributed by atoms with Crippen molar-refractivity contribution in [2.75, 3.05) is 5.43 Å². The molecule has 0 fully saturated rings. The number of anilines is 1. The first-order valence-corrected chi connectivity index (χ1v) is 5.39. The van der Waals surface area contributed by atoms with E-state index in [2.05, 4.69) is 10.5 Å². The fourth-order valence-corrected chi connectivity index (χ4v) is 1.49. The minimum absolute atomic E-state index is 0. The van der Waals surface area contributed by atoms with Crippen molar-refractivity contribution in [3.8, 4) is 5.75 Å². The van der Waals surface area contributed by atoms with Crippen LogP contribution in [0.4, 0.5) is 5.69 Å². The zero-order chi connectivity index (χ0) is 13.1. The molecule has 0 aromatic heterocycles. The van der Waals surface area contributed by atoms with Crippen LogP contribution in [-0.4, -0.2) is 21.7 Å². The second-order valence-corrected chi connectivity index (χ2v) is 3.97. The maximum atomic E-state index is 10.9. The standard InChI is InChI=1S/C12H9ClN2O3.Cu/c13-7-1-4-11(17)10(5-7)15-14-9-3-2-8(16)6-12(9)18;/h1-6,15,17-18H;/b14-9+;.